The van der Waals surface area contributed by atoms with Crippen molar-refractivity contribution in [3.63, 3.8) is 0 Å². The van der Waals surface area contributed by atoms with Crippen LogP contribution in [0.1, 0.15) is 26.7 Å². The van der Waals surface area contributed by atoms with Gasteiger partial charge in [0, 0.05) is 25.6 Å². The van der Waals surface area contributed by atoms with E-state index in [1.807, 2.05) is 0 Å². The molecule has 1 aliphatic heterocycles. The van der Waals surface area contributed by atoms with Crippen molar-refractivity contribution in [1.29, 1.82) is 0 Å². The van der Waals surface area contributed by atoms with Crippen LogP contribution in [0.3, 0.4) is 0 Å². The lowest BCUT2D eigenvalue weighted by atomic mass is 10.0. The lowest BCUT2D eigenvalue weighted by Gasteiger charge is -2.31. The van der Waals surface area contributed by atoms with Crippen molar-refractivity contribution in [2.24, 2.45) is 17.6 Å². The van der Waals surface area contributed by atoms with Gasteiger partial charge >= 0.3 is 0 Å². The van der Waals surface area contributed by atoms with Crippen molar-refractivity contribution < 1.29 is 4.79 Å². The van der Waals surface area contributed by atoms with E-state index in [1.54, 1.807) is 0 Å². The highest BCUT2D eigenvalue weighted by Crippen LogP contribution is 2.23. The molecule has 0 saturated carbocycles. The van der Waals surface area contributed by atoms with Crippen LogP contribution in [0.25, 0.3) is 0 Å². The lowest BCUT2D eigenvalue weighted by molar-refractivity contribution is -0.130. The van der Waals surface area contributed by atoms with E-state index in [4.69, 9.17) is 5.73 Å². The number of likely N-dealkylation sites (N-methyl/N-ethyl adjacent to an activating group) is 1. The van der Waals surface area contributed by atoms with Crippen LogP contribution in [-0.4, -0.2) is 55.5 Å². The first-order valence-corrected chi connectivity index (χ1v) is 6.58. The van der Waals surface area contributed by atoms with Crippen LogP contribution >= 0.6 is 0 Å². The highest BCUT2D eigenvalue weighted by atomic mass is 16.2. The Morgan fingerprint density at radius 1 is 1.47 bits per heavy atom. The third-order valence-electron chi connectivity index (χ3n) is 3.33. The molecular formula is C13H27N3O. The third-order valence-corrected chi connectivity index (χ3v) is 3.33. The van der Waals surface area contributed by atoms with Gasteiger partial charge in [-0.2, -0.15) is 0 Å². The number of carbonyl (C=O) groups excluding carboxylic acids is 1. The van der Waals surface area contributed by atoms with Crippen molar-refractivity contribution in [3.8, 4) is 0 Å². The van der Waals surface area contributed by atoms with Gasteiger partial charge in [-0.25, -0.2) is 0 Å². The molecule has 0 aromatic rings. The molecule has 1 rings (SSSR count). The predicted molar refractivity (Wildman–Crippen MR) is 70.7 cm³/mol. The molecule has 1 aliphatic rings. The Hall–Kier alpha value is -0.610. The first-order chi connectivity index (χ1) is 7.93. The topological polar surface area (TPSA) is 49.6 Å². The molecule has 0 aliphatic carbocycles. The summed E-state index contributed by atoms with van der Waals surface area (Å²) >= 11 is 0. The van der Waals surface area contributed by atoms with Gasteiger partial charge in [0.25, 0.3) is 0 Å². The summed E-state index contributed by atoms with van der Waals surface area (Å²) in [5, 5.41) is 0. The fraction of sp³-hybridized carbons (Fsp3) is 0.923. The zero-order valence-corrected chi connectivity index (χ0v) is 11.6. The Morgan fingerprint density at radius 3 is 2.53 bits per heavy atom. The van der Waals surface area contributed by atoms with Gasteiger partial charge in [-0.1, -0.05) is 13.8 Å². The summed E-state index contributed by atoms with van der Waals surface area (Å²) < 4.78 is 0. The van der Waals surface area contributed by atoms with Crippen molar-refractivity contribution in [1.82, 2.24) is 9.80 Å². The molecule has 0 bridgehead atoms. The van der Waals surface area contributed by atoms with E-state index in [1.165, 1.54) is 0 Å². The molecule has 1 saturated heterocycles. The average Bonchev–Trinajstić information content (AvgIpc) is 2.57. The molecule has 2 N–H and O–H groups in total. The molecular weight excluding hydrogens is 214 g/mol. The van der Waals surface area contributed by atoms with E-state index in [0.29, 0.717) is 30.8 Å². The number of nitrogens with zero attached hydrogens (tertiary/aromatic N) is 2. The minimum atomic E-state index is 0.285. The second-order valence-electron chi connectivity index (χ2n) is 5.90. The van der Waals surface area contributed by atoms with Crippen molar-refractivity contribution in [2.45, 2.75) is 32.7 Å². The standard InChI is InChI=1S/C13H27N3O/c1-10(2)5-12(9-15(3)4)16-8-11(7-14)6-13(16)17/h10-12H,5-9,14H2,1-4H3. The summed E-state index contributed by atoms with van der Waals surface area (Å²) in [6.45, 7) is 6.84. The average molecular weight is 241 g/mol. The zero-order chi connectivity index (χ0) is 13.0. The first-order valence-electron chi connectivity index (χ1n) is 6.58. The second kappa shape index (κ2) is 6.36. The molecule has 17 heavy (non-hydrogen) atoms. The van der Waals surface area contributed by atoms with Crippen LogP contribution in [0.2, 0.25) is 0 Å². The molecule has 1 heterocycles. The number of carbonyl (C=O) groups is 1. The Labute approximate surface area is 105 Å². The molecule has 1 amide bonds. The lowest BCUT2D eigenvalue weighted by Crippen LogP contribution is -2.44. The van der Waals surface area contributed by atoms with Crippen molar-refractivity contribution in [2.75, 3.05) is 33.7 Å². The molecule has 0 radical (unpaired) electrons. The molecule has 0 spiro atoms. The molecule has 4 heteroatoms. The van der Waals surface area contributed by atoms with E-state index in [-0.39, 0.29) is 5.91 Å². The predicted octanol–water partition coefficient (Wildman–Crippen LogP) is 0.770. The maximum atomic E-state index is 12.0. The Bertz CT molecular complexity index is 243. The maximum absolute atomic E-state index is 12.0. The van der Waals surface area contributed by atoms with Gasteiger partial charge in [0.1, 0.15) is 0 Å². The number of nitrogens with two attached hydrogens (primary N) is 1. The van der Waals surface area contributed by atoms with Gasteiger partial charge in [-0.15, -0.1) is 0 Å². The monoisotopic (exact) mass is 241 g/mol. The van der Waals surface area contributed by atoms with Gasteiger partial charge in [0.2, 0.25) is 5.91 Å². The fourth-order valence-electron chi connectivity index (χ4n) is 2.59. The van der Waals surface area contributed by atoms with Gasteiger partial charge in [-0.3, -0.25) is 4.79 Å². The minimum Gasteiger partial charge on any atom is -0.338 e. The summed E-state index contributed by atoms with van der Waals surface area (Å²) in [7, 11) is 4.13. The molecule has 0 aromatic heterocycles. The number of likely N-dealkylation sites (tertiary alicyclic amines) is 1. The van der Waals surface area contributed by atoms with E-state index >= 15 is 0 Å². The van der Waals surface area contributed by atoms with Crippen molar-refractivity contribution >= 4 is 5.91 Å². The Kier molecular flexibility index (Phi) is 5.40. The van der Waals surface area contributed by atoms with E-state index in [2.05, 4.69) is 37.7 Å². The van der Waals surface area contributed by atoms with Crippen LogP contribution in [0, 0.1) is 11.8 Å². The summed E-state index contributed by atoms with van der Waals surface area (Å²) in [6, 6.07) is 0.342. The largest absolute Gasteiger partial charge is 0.338 e. The molecule has 1 fully saturated rings. The van der Waals surface area contributed by atoms with Crippen LogP contribution < -0.4 is 5.73 Å². The van der Waals surface area contributed by atoms with E-state index < -0.39 is 0 Å². The van der Waals surface area contributed by atoms with Crippen LogP contribution in [0.5, 0.6) is 0 Å². The molecule has 2 atom stereocenters. The van der Waals surface area contributed by atoms with Crippen LogP contribution in [-0.2, 0) is 4.79 Å². The van der Waals surface area contributed by atoms with Gasteiger partial charge < -0.3 is 15.5 Å². The second-order valence-corrected chi connectivity index (χ2v) is 5.90. The molecule has 100 valence electrons. The highest BCUT2D eigenvalue weighted by Gasteiger charge is 2.33. The first kappa shape index (κ1) is 14.5. The van der Waals surface area contributed by atoms with Gasteiger partial charge in [0.15, 0.2) is 0 Å². The Balaban J connectivity index is 2.65. The summed E-state index contributed by atoms with van der Waals surface area (Å²) in [6.07, 6.45) is 1.71. The Morgan fingerprint density at radius 2 is 2.12 bits per heavy atom. The highest BCUT2D eigenvalue weighted by molar-refractivity contribution is 5.79. The molecule has 0 aromatic carbocycles. The molecule has 2 unspecified atom stereocenters. The maximum Gasteiger partial charge on any atom is 0.223 e. The summed E-state index contributed by atoms with van der Waals surface area (Å²) in [5.74, 6) is 1.26. The SMILES string of the molecule is CC(C)CC(CN(C)C)N1CC(CN)CC1=O. The van der Waals surface area contributed by atoms with Crippen LogP contribution in [0.4, 0.5) is 0 Å². The number of hydrogen-bond donors (Lipinski definition) is 1. The number of rotatable bonds is 6. The number of hydrogen-bond acceptors (Lipinski definition) is 3. The van der Waals surface area contributed by atoms with Crippen molar-refractivity contribution in [3.05, 3.63) is 0 Å². The minimum absolute atomic E-state index is 0.285. The smallest absolute Gasteiger partial charge is 0.223 e. The summed E-state index contributed by atoms with van der Waals surface area (Å²) in [4.78, 5) is 16.2. The number of amides is 1. The summed E-state index contributed by atoms with van der Waals surface area (Å²) in [5.41, 5.74) is 5.67. The van der Waals surface area contributed by atoms with E-state index in [0.717, 1.165) is 19.5 Å². The quantitative estimate of drug-likeness (QED) is 0.747. The molecule has 4 nitrogen and oxygen atoms in total. The van der Waals surface area contributed by atoms with E-state index in [9.17, 15) is 4.79 Å². The normalized spacial score (nSPS) is 22.9. The zero-order valence-electron chi connectivity index (χ0n) is 11.6. The van der Waals surface area contributed by atoms with Gasteiger partial charge in [-0.05, 0) is 38.9 Å². The van der Waals surface area contributed by atoms with Crippen LogP contribution in [0.15, 0.2) is 0 Å². The third kappa shape index (κ3) is 4.28. The van der Waals surface area contributed by atoms with Gasteiger partial charge in [0.05, 0.1) is 0 Å². The fourth-order valence-corrected chi connectivity index (χ4v) is 2.59.